The molecule has 0 bridgehead atoms. The van der Waals surface area contributed by atoms with E-state index in [0.29, 0.717) is 33.5 Å². The van der Waals surface area contributed by atoms with Gasteiger partial charge in [0, 0.05) is 23.8 Å². The molecule has 27 heavy (non-hydrogen) atoms. The van der Waals surface area contributed by atoms with Crippen LogP contribution in [-0.2, 0) is 23.1 Å². The van der Waals surface area contributed by atoms with Crippen LogP contribution >= 0.6 is 23.4 Å². The van der Waals surface area contributed by atoms with E-state index in [1.807, 2.05) is 0 Å². The third-order valence-electron chi connectivity index (χ3n) is 4.42. The Morgan fingerprint density at radius 2 is 1.89 bits per heavy atom. The summed E-state index contributed by atoms with van der Waals surface area (Å²) in [5.41, 5.74) is 0.671. The van der Waals surface area contributed by atoms with E-state index in [1.54, 1.807) is 35.9 Å². The molecular formula is C18H22ClN5O2S. The lowest BCUT2D eigenvalue weighted by atomic mass is 10.2. The summed E-state index contributed by atoms with van der Waals surface area (Å²) in [6, 6.07) is 7.21. The van der Waals surface area contributed by atoms with Gasteiger partial charge in [0.05, 0.1) is 12.2 Å². The molecule has 1 aliphatic rings. The molecule has 7 nitrogen and oxygen atoms in total. The van der Waals surface area contributed by atoms with Gasteiger partial charge in [-0.25, -0.2) is 0 Å². The van der Waals surface area contributed by atoms with Crippen LogP contribution in [0.4, 0.5) is 5.69 Å². The Morgan fingerprint density at radius 3 is 2.59 bits per heavy atom. The third kappa shape index (κ3) is 5.71. The van der Waals surface area contributed by atoms with Crippen molar-refractivity contribution in [2.45, 2.75) is 43.3 Å². The smallest absolute Gasteiger partial charge is 0.232 e. The van der Waals surface area contributed by atoms with Crippen molar-refractivity contribution in [3.8, 4) is 0 Å². The van der Waals surface area contributed by atoms with Crippen molar-refractivity contribution in [1.29, 1.82) is 0 Å². The van der Waals surface area contributed by atoms with Crippen LogP contribution in [0.1, 0.15) is 31.5 Å². The van der Waals surface area contributed by atoms with Crippen LogP contribution in [0.25, 0.3) is 0 Å². The fourth-order valence-corrected chi connectivity index (χ4v) is 3.84. The standard InChI is InChI=1S/C18H22ClN5O2S/c1-24-15(10-16(25)20-14-8-6-12(19)7-9-14)22-23-18(24)27-11-17(26)21-13-4-2-3-5-13/h6-9,13H,2-5,10-11H2,1H3,(H,20,25)(H,21,26). The number of rotatable bonds is 7. The SMILES string of the molecule is Cn1c(CC(=O)Nc2ccc(Cl)cc2)nnc1SCC(=O)NC1CCCC1. The minimum absolute atomic E-state index is 0.0110. The van der Waals surface area contributed by atoms with Crippen molar-refractivity contribution in [3.05, 3.63) is 35.1 Å². The first-order chi connectivity index (χ1) is 13.0. The number of carbonyl (C=O) groups excluding carboxylic acids is 2. The molecule has 2 amide bonds. The summed E-state index contributed by atoms with van der Waals surface area (Å²) >= 11 is 7.16. The van der Waals surface area contributed by atoms with Crippen molar-refractivity contribution in [1.82, 2.24) is 20.1 Å². The zero-order chi connectivity index (χ0) is 19.2. The van der Waals surface area contributed by atoms with Gasteiger partial charge in [-0.15, -0.1) is 10.2 Å². The zero-order valence-corrected chi connectivity index (χ0v) is 16.6. The second-order valence-electron chi connectivity index (χ2n) is 6.53. The molecule has 0 aliphatic heterocycles. The molecule has 1 aliphatic carbocycles. The molecule has 1 fully saturated rings. The number of carbonyl (C=O) groups is 2. The number of amides is 2. The molecule has 0 spiro atoms. The minimum atomic E-state index is -0.191. The average molecular weight is 408 g/mol. The number of nitrogens with zero attached hydrogens (tertiary/aromatic N) is 3. The van der Waals surface area contributed by atoms with Crippen LogP contribution in [0.2, 0.25) is 5.02 Å². The fraction of sp³-hybridized carbons (Fsp3) is 0.444. The highest BCUT2D eigenvalue weighted by molar-refractivity contribution is 7.99. The van der Waals surface area contributed by atoms with E-state index in [9.17, 15) is 9.59 Å². The lowest BCUT2D eigenvalue weighted by Gasteiger charge is -2.11. The Hall–Kier alpha value is -2.06. The van der Waals surface area contributed by atoms with Gasteiger partial charge in [-0.2, -0.15) is 0 Å². The summed E-state index contributed by atoms with van der Waals surface area (Å²) < 4.78 is 1.74. The first kappa shape index (κ1) is 19.7. The quantitative estimate of drug-likeness (QED) is 0.689. The van der Waals surface area contributed by atoms with Crippen LogP contribution in [-0.4, -0.2) is 38.4 Å². The molecule has 1 saturated carbocycles. The van der Waals surface area contributed by atoms with Gasteiger partial charge < -0.3 is 15.2 Å². The van der Waals surface area contributed by atoms with E-state index in [4.69, 9.17) is 11.6 Å². The van der Waals surface area contributed by atoms with Crippen LogP contribution in [0.5, 0.6) is 0 Å². The lowest BCUT2D eigenvalue weighted by molar-refractivity contribution is -0.119. The van der Waals surface area contributed by atoms with Crippen molar-refractivity contribution in [3.63, 3.8) is 0 Å². The fourth-order valence-electron chi connectivity index (χ4n) is 2.98. The van der Waals surface area contributed by atoms with E-state index in [1.165, 1.54) is 24.6 Å². The predicted octanol–water partition coefficient (Wildman–Crippen LogP) is 2.80. The number of nitrogens with one attached hydrogen (secondary N) is 2. The van der Waals surface area contributed by atoms with Crippen LogP contribution in [0, 0.1) is 0 Å². The summed E-state index contributed by atoms with van der Waals surface area (Å²) in [6.45, 7) is 0. The molecule has 0 radical (unpaired) electrons. The van der Waals surface area contributed by atoms with Gasteiger partial charge in [0.25, 0.3) is 0 Å². The molecule has 0 unspecified atom stereocenters. The number of hydrogen-bond donors (Lipinski definition) is 2. The highest BCUT2D eigenvalue weighted by Crippen LogP contribution is 2.19. The average Bonchev–Trinajstić information content (AvgIpc) is 3.26. The highest BCUT2D eigenvalue weighted by Gasteiger charge is 2.18. The summed E-state index contributed by atoms with van der Waals surface area (Å²) in [5, 5.41) is 15.2. The molecule has 9 heteroatoms. The summed E-state index contributed by atoms with van der Waals surface area (Å²) in [5.74, 6) is 0.653. The normalized spacial score (nSPS) is 14.3. The van der Waals surface area contributed by atoms with E-state index in [2.05, 4.69) is 20.8 Å². The van der Waals surface area contributed by atoms with Crippen molar-refractivity contribution < 1.29 is 9.59 Å². The van der Waals surface area contributed by atoms with E-state index >= 15 is 0 Å². The maximum absolute atomic E-state index is 12.2. The summed E-state index contributed by atoms with van der Waals surface area (Å²) in [4.78, 5) is 24.2. The maximum Gasteiger partial charge on any atom is 0.232 e. The van der Waals surface area contributed by atoms with Crippen LogP contribution < -0.4 is 10.6 Å². The molecular weight excluding hydrogens is 386 g/mol. The van der Waals surface area contributed by atoms with E-state index in [-0.39, 0.29) is 18.2 Å². The number of halogens is 1. The minimum Gasteiger partial charge on any atom is -0.353 e. The molecule has 2 N–H and O–H groups in total. The molecule has 1 heterocycles. The maximum atomic E-state index is 12.2. The molecule has 0 atom stereocenters. The van der Waals surface area contributed by atoms with Crippen LogP contribution in [0.15, 0.2) is 29.4 Å². The molecule has 1 aromatic heterocycles. The Morgan fingerprint density at radius 1 is 1.19 bits per heavy atom. The number of benzene rings is 1. The van der Waals surface area contributed by atoms with E-state index in [0.717, 1.165) is 12.8 Å². The van der Waals surface area contributed by atoms with Gasteiger partial charge in [0.2, 0.25) is 11.8 Å². The van der Waals surface area contributed by atoms with E-state index < -0.39 is 0 Å². The second-order valence-corrected chi connectivity index (χ2v) is 7.91. The zero-order valence-electron chi connectivity index (χ0n) is 15.1. The second kappa shape index (κ2) is 9.23. The van der Waals surface area contributed by atoms with Gasteiger partial charge >= 0.3 is 0 Å². The molecule has 1 aromatic carbocycles. The van der Waals surface area contributed by atoms with Gasteiger partial charge in [0.1, 0.15) is 5.82 Å². The molecule has 2 aromatic rings. The topological polar surface area (TPSA) is 88.9 Å². The number of hydrogen-bond acceptors (Lipinski definition) is 5. The Bertz CT molecular complexity index is 803. The first-order valence-electron chi connectivity index (χ1n) is 8.87. The summed E-state index contributed by atoms with van der Waals surface area (Å²) in [6.07, 6.45) is 4.59. The van der Waals surface area contributed by atoms with Gasteiger partial charge in [-0.1, -0.05) is 36.2 Å². The Kier molecular flexibility index (Phi) is 6.73. The number of aromatic nitrogens is 3. The monoisotopic (exact) mass is 407 g/mol. The highest BCUT2D eigenvalue weighted by atomic mass is 35.5. The van der Waals surface area contributed by atoms with Crippen molar-refractivity contribution >= 4 is 40.9 Å². The molecule has 144 valence electrons. The predicted molar refractivity (Wildman–Crippen MR) is 106 cm³/mol. The first-order valence-corrected chi connectivity index (χ1v) is 10.2. The summed E-state index contributed by atoms with van der Waals surface area (Å²) in [7, 11) is 1.79. The molecule has 0 saturated heterocycles. The van der Waals surface area contributed by atoms with Gasteiger partial charge in [0.15, 0.2) is 5.16 Å². The lowest BCUT2D eigenvalue weighted by Crippen LogP contribution is -2.33. The third-order valence-corrected chi connectivity index (χ3v) is 5.70. The number of anilines is 1. The molecule has 3 rings (SSSR count). The van der Waals surface area contributed by atoms with Crippen molar-refractivity contribution in [2.75, 3.05) is 11.1 Å². The van der Waals surface area contributed by atoms with Gasteiger partial charge in [-0.05, 0) is 37.1 Å². The largest absolute Gasteiger partial charge is 0.353 e. The number of thioether (sulfide) groups is 1. The van der Waals surface area contributed by atoms with Crippen molar-refractivity contribution in [2.24, 2.45) is 7.05 Å². The Labute approximate surface area is 167 Å². The Balaban J connectivity index is 1.49. The van der Waals surface area contributed by atoms with Gasteiger partial charge in [-0.3, -0.25) is 9.59 Å². The van der Waals surface area contributed by atoms with Crippen LogP contribution in [0.3, 0.4) is 0 Å².